The van der Waals surface area contributed by atoms with Crippen molar-refractivity contribution >= 4 is 10.9 Å². The number of benzene rings is 1. The summed E-state index contributed by atoms with van der Waals surface area (Å²) in [6, 6.07) is 12.5. The molecule has 1 saturated heterocycles. The van der Waals surface area contributed by atoms with Crippen molar-refractivity contribution in [3.8, 4) is 0 Å². The summed E-state index contributed by atoms with van der Waals surface area (Å²) in [5, 5.41) is 1.14. The van der Waals surface area contributed by atoms with Crippen molar-refractivity contribution < 1.29 is 4.42 Å². The van der Waals surface area contributed by atoms with Crippen LogP contribution in [-0.2, 0) is 19.6 Å². The van der Waals surface area contributed by atoms with Crippen LogP contribution < -0.4 is 5.56 Å². The molecule has 0 saturated carbocycles. The molecule has 31 heavy (non-hydrogen) atoms. The molecule has 166 valence electrons. The van der Waals surface area contributed by atoms with E-state index in [1.165, 1.54) is 24.8 Å². The molecular formula is C26H35N3O2. The van der Waals surface area contributed by atoms with Gasteiger partial charge in [-0.15, -0.1) is 0 Å². The van der Waals surface area contributed by atoms with Gasteiger partial charge < -0.3 is 13.9 Å². The first kappa shape index (κ1) is 21.8. The highest BCUT2D eigenvalue weighted by Crippen LogP contribution is 2.22. The Labute approximate surface area is 185 Å². The maximum Gasteiger partial charge on any atom is 0.255 e. The van der Waals surface area contributed by atoms with Crippen LogP contribution in [0.3, 0.4) is 0 Å². The number of rotatable bonds is 8. The molecule has 1 aliphatic heterocycles. The molecule has 2 aromatic heterocycles. The molecule has 1 fully saturated rings. The van der Waals surface area contributed by atoms with Crippen LogP contribution >= 0.6 is 0 Å². The summed E-state index contributed by atoms with van der Waals surface area (Å²) in [4.78, 5) is 18.2. The van der Waals surface area contributed by atoms with E-state index < -0.39 is 0 Å². The maximum absolute atomic E-state index is 13.6. The number of nitrogens with zero attached hydrogens (tertiary/aromatic N) is 3. The number of hydrogen-bond acceptors (Lipinski definition) is 4. The summed E-state index contributed by atoms with van der Waals surface area (Å²) in [5.41, 5.74) is 3.32. The lowest BCUT2D eigenvalue weighted by Gasteiger charge is -2.27. The fourth-order valence-corrected chi connectivity index (χ4v) is 4.58. The molecule has 0 spiro atoms. The second-order valence-corrected chi connectivity index (χ2v) is 9.25. The lowest BCUT2D eigenvalue weighted by molar-refractivity contribution is 0.220. The van der Waals surface area contributed by atoms with Gasteiger partial charge in [-0.2, -0.15) is 0 Å². The molecule has 0 N–H and O–H groups in total. The predicted molar refractivity (Wildman–Crippen MR) is 126 cm³/mol. The SMILES string of the molecule is CC(C)c1ccc2cc(CN(C)Cc3ccco3)c(=O)n(CCN3CCCCC3)c2c1. The third-order valence-corrected chi connectivity index (χ3v) is 6.40. The van der Waals surface area contributed by atoms with Crippen molar-refractivity contribution in [2.75, 3.05) is 26.7 Å². The third-order valence-electron chi connectivity index (χ3n) is 6.40. The van der Waals surface area contributed by atoms with Gasteiger partial charge in [0.1, 0.15) is 5.76 Å². The van der Waals surface area contributed by atoms with Gasteiger partial charge in [-0.25, -0.2) is 0 Å². The Morgan fingerprint density at radius 2 is 1.84 bits per heavy atom. The van der Waals surface area contributed by atoms with Crippen LogP contribution in [0.2, 0.25) is 0 Å². The molecule has 0 bridgehead atoms. The number of hydrogen-bond donors (Lipinski definition) is 0. The fourth-order valence-electron chi connectivity index (χ4n) is 4.58. The summed E-state index contributed by atoms with van der Waals surface area (Å²) in [5.74, 6) is 1.35. The van der Waals surface area contributed by atoms with E-state index in [4.69, 9.17) is 4.42 Å². The van der Waals surface area contributed by atoms with Crippen LogP contribution in [0.1, 0.15) is 55.9 Å². The first-order valence-electron chi connectivity index (χ1n) is 11.6. The number of pyridine rings is 1. The van der Waals surface area contributed by atoms with E-state index in [0.29, 0.717) is 19.0 Å². The number of likely N-dealkylation sites (tertiary alicyclic amines) is 1. The highest BCUT2D eigenvalue weighted by Gasteiger charge is 2.15. The van der Waals surface area contributed by atoms with Crippen molar-refractivity contribution in [3.05, 3.63) is 69.9 Å². The van der Waals surface area contributed by atoms with Gasteiger partial charge in [0.2, 0.25) is 0 Å². The number of fused-ring (bicyclic) bond motifs is 1. The standard InChI is InChI=1S/C26H35N3O2/c1-20(2)21-9-10-22-16-23(18-27(3)19-24-8-7-15-31-24)26(30)29(25(22)17-21)14-13-28-11-5-4-6-12-28/h7-10,15-17,20H,4-6,11-14,18-19H2,1-3H3. The van der Waals surface area contributed by atoms with Crippen molar-refractivity contribution in [1.29, 1.82) is 0 Å². The summed E-state index contributed by atoms with van der Waals surface area (Å²) in [7, 11) is 2.03. The Bertz CT molecular complexity index is 1050. The topological polar surface area (TPSA) is 41.6 Å². The van der Waals surface area contributed by atoms with Gasteiger partial charge in [0.25, 0.3) is 5.56 Å². The second kappa shape index (κ2) is 9.84. The molecule has 0 atom stereocenters. The molecule has 3 heterocycles. The van der Waals surface area contributed by atoms with Crippen LogP contribution in [-0.4, -0.2) is 41.0 Å². The lowest BCUT2D eigenvalue weighted by atomic mass is 10.0. The molecule has 5 heteroatoms. The van der Waals surface area contributed by atoms with Crippen LogP contribution in [0, 0.1) is 0 Å². The molecular weight excluding hydrogens is 386 g/mol. The highest BCUT2D eigenvalue weighted by atomic mass is 16.3. The molecule has 3 aromatic rings. The molecule has 0 radical (unpaired) electrons. The van der Waals surface area contributed by atoms with E-state index >= 15 is 0 Å². The maximum atomic E-state index is 13.6. The fraction of sp³-hybridized carbons (Fsp3) is 0.500. The Morgan fingerprint density at radius 3 is 2.55 bits per heavy atom. The molecule has 1 aromatic carbocycles. The first-order valence-corrected chi connectivity index (χ1v) is 11.6. The van der Waals surface area contributed by atoms with E-state index in [9.17, 15) is 4.79 Å². The van der Waals surface area contributed by atoms with Crippen LogP contribution in [0.4, 0.5) is 0 Å². The van der Waals surface area contributed by atoms with Crippen molar-refractivity contribution in [2.24, 2.45) is 0 Å². The van der Waals surface area contributed by atoms with Gasteiger partial charge in [0.15, 0.2) is 0 Å². The van der Waals surface area contributed by atoms with E-state index in [2.05, 4.69) is 47.9 Å². The molecule has 5 nitrogen and oxygen atoms in total. The van der Waals surface area contributed by atoms with Crippen molar-refractivity contribution in [1.82, 2.24) is 14.4 Å². The van der Waals surface area contributed by atoms with Crippen LogP contribution in [0.15, 0.2) is 51.9 Å². The zero-order chi connectivity index (χ0) is 21.8. The van der Waals surface area contributed by atoms with Gasteiger partial charge in [-0.3, -0.25) is 9.69 Å². The summed E-state index contributed by atoms with van der Waals surface area (Å²) >= 11 is 0. The minimum absolute atomic E-state index is 0.136. The quantitative estimate of drug-likeness (QED) is 0.522. The van der Waals surface area contributed by atoms with Gasteiger partial charge in [-0.05, 0) is 74.1 Å². The van der Waals surface area contributed by atoms with Crippen LogP contribution in [0.5, 0.6) is 0 Å². The van der Waals surface area contributed by atoms with E-state index in [-0.39, 0.29) is 5.56 Å². The molecule has 0 unspecified atom stereocenters. The first-order chi connectivity index (χ1) is 15.0. The van der Waals surface area contributed by atoms with Crippen molar-refractivity contribution in [3.63, 3.8) is 0 Å². The van der Waals surface area contributed by atoms with E-state index in [1.807, 2.05) is 23.7 Å². The minimum atomic E-state index is 0.136. The van der Waals surface area contributed by atoms with E-state index in [1.54, 1.807) is 6.26 Å². The van der Waals surface area contributed by atoms with Gasteiger partial charge in [-0.1, -0.05) is 32.4 Å². The largest absolute Gasteiger partial charge is 0.468 e. The molecule has 0 amide bonds. The molecule has 0 aliphatic carbocycles. The van der Waals surface area contributed by atoms with Gasteiger partial charge >= 0.3 is 0 Å². The second-order valence-electron chi connectivity index (χ2n) is 9.25. The highest BCUT2D eigenvalue weighted by molar-refractivity contribution is 5.80. The monoisotopic (exact) mass is 421 g/mol. The molecule has 1 aliphatic rings. The number of furan rings is 1. The zero-order valence-corrected chi connectivity index (χ0v) is 19.1. The lowest BCUT2D eigenvalue weighted by Crippen LogP contribution is -2.36. The summed E-state index contributed by atoms with van der Waals surface area (Å²) < 4.78 is 7.50. The normalized spacial score (nSPS) is 15.4. The van der Waals surface area contributed by atoms with Crippen molar-refractivity contribution in [2.45, 2.75) is 58.7 Å². The Morgan fingerprint density at radius 1 is 1.03 bits per heavy atom. The zero-order valence-electron chi connectivity index (χ0n) is 19.1. The molecule has 4 rings (SSSR count). The van der Waals surface area contributed by atoms with Gasteiger partial charge in [0, 0.05) is 25.2 Å². The van der Waals surface area contributed by atoms with Gasteiger partial charge in [0.05, 0.1) is 18.3 Å². The predicted octanol–water partition coefficient (Wildman–Crippen LogP) is 4.84. The third kappa shape index (κ3) is 5.28. The number of aromatic nitrogens is 1. The average Bonchev–Trinajstić information content (AvgIpc) is 3.27. The number of piperidine rings is 1. The van der Waals surface area contributed by atoms with E-state index in [0.717, 1.165) is 48.4 Å². The summed E-state index contributed by atoms with van der Waals surface area (Å²) in [6.45, 7) is 9.67. The minimum Gasteiger partial charge on any atom is -0.468 e. The smallest absolute Gasteiger partial charge is 0.255 e. The average molecular weight is 422 g/mol. The Hall–Kier alpha value is -2.37. The summed E-state index contributed by atoms with van der Waals surface area (Å²) in [6.07, 6.45) is 5.56. The Kier molecular flexibility index (Phi) is 6.93. The Balaban J connectivity index is 1.65. The van der Waals surface area contributed by atoms with Crippen LogP contribution in [0.25, 0.3) is 10.9 Å².